The molecule has 1 aromatic carbocycles. The Balaban J connectivity index is 1.22. The highest BCUT2D eigenvalue weighted by molar-refractivity contribution is 6.03. The normalized spacial score (nSPS) is 20.5. The van der Waals surface area contributed by atoms with Gasteiger partial charge < -0.3 is 24.6 Å². The van der Waals surface area contributed by atoms with E-state index in [-0.39, 0.29) is 25.0 Å². The number of nitrogens with one attached hydrogen (secondary N) is 1. The molecule has 0 bridgehead atoms. The van der Waals surface area contributed by atoms with Crippen LogP contribution in [-0.2, 0) is 9.59 Å². The van der Waals surface area contributed by atoms with Crippen molar-refractivity contribution < 1.29 is 19.1 Å². The molecule has 0 saturated carbocycles. The molecule has 2 saturated heterocycles. The molecule has 5 rings (SSSR count). The number of piperidine rings is 1. The summed E-state index contributed by atoms with van der Waals surface area (Å²) in [5, 5.41) is 2.90. The van der Waals surface area contributed by atoms with E-state index in [2.05, 4.69) is 15.2 Å². The molecule has 2 amide bonds. The van der Waals surface area contributed by atoms with Crippen LogP contribution in [0, 0.1) is 5.92 Å². The van der Waals surface area contributed by atoms with Crippen LogP contribution >= 0.6 is 0 Å². The van der Waals surface area contributed by atoms with E-state index in [0.29, 0.717) is 29.4 Å². The van der Waals surface area contributed by atoms with Gasteiger partial charge >= 0.3 is 0 Å². The predicted molar refractivity (Wildman–Crippen MR) is 112 cm³/mol. The van der Waals surface area contributed by atoms with Crippen molar-refractivity contribution in [1.82, 2.24) is 4.98 Å². The van der Waals surface area contributed by atoms with Crippen molar-refractivity contribution in [3.05, 3.63) is 36.5 Å². The first-order chi connectivity index (χ1) is 14.7. The Morgan fingerprint density at radius 2 is 1.90 bits per heavy atom. The predicted octanol–water partition coefficient (Wildman–Crippen LogP) is 2.79. The average molecular weight is 408 g/mol. The summed E-state index contributed by atoms with van der Waals surface area (Å²) in [5.41, 5.74) is 1.36. The van der Waals surface area contributed by atoms with Gasteiger partial charge in [-0.05, 0) is 43.5 Å². The van der Waals surface area contributed by atoms with Crippen molar-refractivity contribution in [2.45, 2.75) is 25.7 Å². The van der Waals surface area contributed by atoms with Gasteiger partial charge in [0.05, 0.1) is 17.8 Å². The number of carbonyl (C=O) groups is 2. The number of fused-ring (bicyclic) bond motifs is 1. The van der Waals surface area contributed by atoms with Crippen LogP contribution in [0.2, 0.25) is 0 Å². The van der Waals surface area contributed by atoms with E-state index >= 15 is 0 Å². The number of carbonyl (C=O) groups excluding carboxylic acids is 2. The second-order valence-electron chi connectivity index (χ2n) is 7.88. The highest BCUT2D eigenvalue weighted by Gasteiger charge is 2.35. The van der Waals surface area contributed by atoms with Gasteiger partial charge in [0.25, 0.3) is 0 Å². The SMILES string of the molecule is O=C(Nc1ccc(N2CCCCC2)nc1)C1CC(=O)N(c2ccc3c(c2)OCO3)C1. The van der Waals surface area contributed by atoms with E-state index in [4.69, 9.17) is 9.47 Å². The molecule has 3 aliphatic rings. The lowest BCUT2D eigenvalue weighted by Crippen LogP contribution is -2.30. The lowest BCUT2D eigenvalue weighted by Gasteiger charge is -2.27. The van der Waals surface area contributed by atoms with Crippen molar-refractivity contribution in [3.63, 3.8) is 0 Å². The Morgan fingerprint density at radius 1 is 1.07 bits per heavy atom. The number of amides is 2. The Labute approximate surface area is 174 Å². The van der Waals surface area contributed by atoms with E-state index in [9.17, 15) is 9.59 Å². The minimum Gasteiger partial charge on any atom is -0.454 e. The maximum absolute atomic E-state index is 12.7. The molecule has 2 aromatic rings. The summed E-state index contributed by atoms with van der Waals surface area (Å²) in [6, 6.07) is 9.20. The van der Waals surface area contributed by atoms with Gasteiger partial charge in [0.2, 0.25) is 18.6 Å². The molecule has 1 N–H and O–H groups in total. The van der Waals surface area contributed by atoms with E-state index in [1.807, 2.05) is 18.2 Å². The molecule has 8 nitrogen and oxygen atoms in total. The van der Waals surface area contributed by atoms with Crippen LogP contribution < -0.4 is 24.6 Å². The summed E-state index contributed by atoms with van der Waals surface area (Å²) in [4.78, 5) is 33.7. The minimum atomic E-state index is -0.412. The molecular formula is C22H24N4O4. The molecule has 0 spiro atoms. The van der Waals surface area contributed by atoms with Crippen LogP contribution in [0.4, 0.5) is 17.2 Å². The average Bonchev–Trinajstić information content (AvgIpc) is 3.41. The van der Waals surface area contributed by atoms with Gasteiger partial charge in [0.1, 0.15) is 5.82 Å². The molecule has 1 aromatic heterocycles. The molecule has 0 aliphatic carbocycles. The lowest BCUT2D eigenvalue weighted by atomic mass is 10.1. The lowest BCUT2D eigenvalue weighted by molar-refractivity contribution is -0.122. The highest BCUT2D eigenvalue weighted by atomic mass is 16.7. The molecular weight excluding hydrogens is 384 g/mol. The van der Waals surface area contributed by atoms with Crippen molar-refractivity contribution in [2.24, 2.45) is 5.92 Å². The van der Waals surface area contributed by atoms with Crippen LogP contribution in [0.1, 0.15) is 25.7 Å². The Morgan fingerprint density at radius 3 is 2.70 bits per heavy atom. The minimum absolute atomic E-state index is 0.0763. The first-order valence-corrected chi connectivity index (χ1v) is 10.4. The van der Waals surface area contributed by atoms with Crippen molar-refractivity contribution in [3.8, 4) is 11.5 Å². The van der Waals surface area contributed by atoms with Crippen LogP contribution in [0.3, 0.4) is 0 Å². The van der Waals surface area contributed by atoms with Crippen molar-refractivity contribution >= 4 is 29.0 Å². The van der Waals surface area contributed by atoms with Gasteiger partial charge in [0, 0.05) is 37.8 Å². The van der Waals surface area contributed by atoms with E-state index < -0.39 is 5.92 Å². The van der Waals surface area contributed by atoms with E-state index in [1.165, 1.54) is 19.3 Å². The van der Waals surface area contributed by atoms with Crippen LogP contribution in [0.5, 0.6) is 11.5 Å². The summed E-state index contributed by atoms with van der Waals surface area (Å²) in [6.45, 7) is 2.57. The monoisotopic (exact) mass is 408 g/mol. The maximum Gasteiger partial charge on any atom is 0.231 e. The molecule has 4 heterocycles. The first-order valence-electron chi connectivity index (χ1n) is 10.4. The van der Waals surface area contributed by atoms with Gasteiger partial charge in [-0.2, -0.15) is 0 Å². The van der Waals surface area contributed by atoms with Crippen molar-refractivity contribution in [1.29, 1.82) is 0 Å². The largest absolute Gasteiger partial charge is 0.454 e. The number of hydrogen-bond acceptors (Lipinski definition) is 6. The van der Waals surface area contributed by atoms with Gasteiger partial charge in [-0.3, -0.25) is 9.59 Å². The zero-order chi connectivity index (χ0) is 20.5. The number of nitrogens with zero attached hydrogens (tertiary/aromatic N) is 3. The third-order valence-corrected chi connectivity index (χ3v) is 5.86. The molecule has 1 atom stereocenters. The topological polar surface area (TPSA) is 84.0 Å². The zero-order valence-electron chi connectivity index (χ0n) is 16.7. The maximum atomic E-state index is 12.7. The van der Waals surface area contributed by atoms with Crippen molar-refractivity contribution in [2.75, 3.05) is 41.5 Å². The molecule has 2 fully saturated rings. The standard InChI is InChI=1S/C22H24N4O4/c27-21-10-15(13-26(21)17-5-6-18-19(11-17)30-14-29-18)22(28)24-16-4-7-20(23-12-16)25-8-2-1-3-9-25/h4-7,11-12,15H,1-3,8-10,13-14H2,(H,24,28). The zero-order valence-corrected chi connectivity index (χ0v) is 16.7. The number of aromatic nitrogens is 1. The Bertz CT molecular complexity index is 956. The highest BCUT2D eigenvalue weighted by Crippen LogP contribution is 2.37. The molecule has 3 aliphatic heterocycles. The van der Waals surface area contributed by atoms with Gasteiger partial charge in [-0.1, -0.05) is 0 Å². The fourth-order valence-electron chi connectivity index (χ4n) is 4.20. The molecule has 30 heavy (non-hydrogen) atoms. The smallest absolute Gasteiger partial charge is 0.231 e. The molecule has 0 radical (unpaired) electrons. The van der Waals surface area contributed by atoms with Gasteiger partial charge in [-0.25, -0.2) is 4.98 Å². The first kappa shape index (κ1) is 18.7. The number of benzene rings is 1. The summed E-state index contributed by atoms with van der Waals surface area (Å²) in [6.07, 6.45) is 5.52. The number of hydrogen-bond donors (Lipinski definition) is 1. The third-order valence-electron chi connectivity index (χ3n) is 5.86. The second-order valence-corrected chi connectivity index (χ2v) is 7.88. The second kappa shape index (κ2) is 7.85. The number of rotatable bonds is 4. The van der Waals surface area contributed by atoms with E-state index in [0.717, 1.165) is 18.9 Å². The van der Waals surface area contributed by atoms with Crippen LogP contribution in [-0.4, -0.2) is 43.2 Å². The van der Waals surface area contributed by atoms with Gasteiger partial charge in [-0.15, -0.1) is 0 Å². The molecule has 8 heteroatoms. The fraction of sp³-hybridized carbons (Fsp3) is 0.409. The number of ether oxygens (including phenoxy) is 2. The van der Waals surface area contributed by atoms with Crippen LogP contribution in [0.25, 0.3) is 0 Å². The summed E-state index contributed by atoms with van der Waals surface area (Å²) < 4.78 is 10.7. The summed E-state index contributed by atoms with van der Waals surface area (Å²) in [5.74, 6) is 1.57. The van der Waals surface area contributed by atoms with E-state index in [1.54, 1.807) is 23.2 Å². The summed E-state index contributed by atoms with van der Waals surface area (Å²) in [7, 11) is 0. The number of anilines is 3. The fourth-order valence-corrected chi connectivity index (χ4v) is 4.20. The number of pyridine rings is 1. The summed E-state index contributed by atoms with van der Waals surface area (Å²) >= 11 is 0. The van der Waals surface area contributed by atoms with Crippen LogP contribution in [0.15, 0.2) is 36.5 Å². The molecule has 1 unspecified atom stereocenters. The quantitative estimate of drug-likeness (QED) is 0.838. The Kier molecular flexibility index (Phi) is 4.90. The van der Waals surface area contributed by atoms with Gasteiger partial charge in [0.15, 0.2) is 11.5 Å². The Hall–Kier alpha value is -3.29. The molecule has 156 valence electrons. The third kappa shape index (κ3) is 3.65.